The summed E-state index contributed by atoms with van der Waals surface area (Å²) in [4.78, 5) is 17.3. The molecule has 6 heteroatoms. The summed E-state index contributed by atoms with van der Waals surface area (Å²) in [5.41, 5.74) is 0.930. The molecule has 0 radical (unpaired) electrons. The number of benzene rings is 1. The number of thioether (sulfide) groups is 1. The number of nitrogens with one attached hydrogen (secondary N) is 1. The Balaban J connectivity index is 2.14. The van der Waals surface area contributed by atoms with Gasteiger partial charge < -0.3 is 10.1 Å². The number of aromatic amines is 1. The highest BCUT2D eigenvalue weighted by molar-refractivity contribution is 7.99. The average molecular weight is 240 g/mol. The third-order valence-electron chi connectivity index (χ3n) is 1.98. The molecule has 0 fully saturated rings. The molecule has 0 saturated carbocycles. The van der Waals surface area contributed by atoms with Crippen LogP contribution in [0, 0.1) is 5.82 Å². The van der Waals surface area contributed by atoms with Gasteiger partial charge in [-0.25, -0.2) is 9.37 Å². The molecule has 16 heavy (non-hydrogen) atoms. The summed E-state index contributed by atoms with van der Waals surface area (Å²) in [6, 6.07) is 4.68. The number of H-pyrrole nitrogens is 1. The third-order valence-corrected chi connectivity index (χ3v) is 2.91. The zero-order valence-corrected chi connectivity index (χ0v) is 9.05. The first-order valence-corrected chi connectivity index (χ1v) is 5.75. The first kappa shape index (κ1) is 10.9. The molecule has 0 atom stereocenters. The van der Waals surface area contributed by atoms with Gasteiger partial charge >= 0.3 is 5.97 Å². The van der Waals surface area contributed by atoms with E-state index in [2.05, 4.69) is 9.97 Å². The number of imidazole rings is 1. The van der Waals surface area contributed by atoms with Crippen LogP contribution in [-0.2, 0) is 10.5 Å². The molecule has 0 aliphatic heterocycles. The van der Waals surface area contributed by atoms with E-state index in [-0.39, 0.29) is 11.6 Å². The van der Waals surface area contributed by atoms with Crippen molar-refractivity contribution in [1.82, 2.24) is 9.97 Å². The molecule has 2 rings (SSSR count). The highest BCUT2D eigenvalue weighted by Gasteiger charge is 2.07. The van der Waals surface area contributed by atoms with Gasteiger partial charge in [-0.2, -0.15) is 0 Å². The zero-order chi connectivity index (χ0) is 11.5. The maximum Gasteiger partial charge on any atom is 0.313 e. The minimum Gasteiger partial charge on any atom is -0.481 e. The molecular weight excluding hydrogens is 231 g/mol. The third kappa shape index (κ3) is 2.33. The average Bonchev–Trinajstić information content (AvgIpc) is 2.61. The Labute approximate surface area is 94.9 Å². The van der Waals surface area contributed by atoms with Gasteiger partial charge in [0.05, 0.1) is 17.0 Å². The standard InChI is InChI=1S/C10H9FN2O2S/c11-6-2-1-3-7-10(6)13-8(12-7)4-16-5-9(14)15/h1-3H,4-5H2,(H,12,13)(H,14,15). The Morgan fingerprint density at radius 1 is 1.56 bits per heavy atom. The summed E-state index contributed by atoms with van der Waals surface area (Å²) in [7, 11) is 0. The summed E-state index contributed by atoms with van der Waals surface area (Å²) < 4.78 is 13.3. The van der Waals surface area contributed by atoms with Crippen molar-refractivity contribution in [3.8, 4) is 0 Å². The van der Waals surface area contributed by atoms with Gasteiger partial charge in [0.25, 0.3) is 0 Å². The topological polar surface area (TPSA) is 66.0 Å². The molecule has 0 unspecified atom stereocenters. The number of aliphatic carboxylic acids is 1. The number of hydrogen-bond donors (Lipinski definition) is 2. The fourth-order valence-corrected chi connectivity index (χ4v) is 1.96. The van der Waals surface area contributed by atoms with E-state index < -0.39 is 5.97 Å². The maximum absolute atomic E-state index is 13.3. The van der Waals surface area contributed by atoms with Crippen LogP contribution in [0.5, 0.6) is 0 Å². The molecule has 1 heterocycles. The number of hydrogen-bond acceptors (Lipinski definition) is 3. The van der Waals surface area contributed by atoms with Crippen LogP contribution in [0.3, 0.4) is 0 Å². The molecule has 0 spiro atoms. The van der Waals surface area contributed by atoms with Gasteiger partial charge in [-0.1, -0.05) is 6.07 Å². The van der Waals surface area contributed by atoms with Crippen molar-refractivity contribution in [3.05, 3.63) is 29.8 Å². The molecule has 4 nitrogen and oxygen atoms in total. The van der Waals surface area contributed by atoms with Crippen LogP contribution in [0.15, 0.2) is 18.2 Å². The normalized spacial score (nSPS) is 10.8. The molecule has 1 aromatic heterocycles. The van der Waals surface area contributed by atoms with Crippen LogP contribution >= 0.6 is 11.8 Å². The molecule has 0 aliphatic carbocycles. The summed E-state index contributed by atoms with van der Waals surface area (Å²) in [5, 5.41) is 8.46. The highest BCUT2D eigenvalue weighted by Crippen LogP contribution is 2.17. The van der Waals surface area contributed by atoms with Crippen LogP contribution < -0.4 is 0 Å². The molecule has 1 aromatic carbocycles. The van der Waals surface area contributed by atoms with Crippen LogP contribution in [0.25, 0.3) is 11.0 Å². The maximum atomic E-state index is 13.3. The summed E-state index contributed by atoms with van der Waals surface area (Å²) in [5.74, 6) is -0.207. The van der Waals surface area contributed by atoms with Crippen molar-refractivity contribution in [3.63, 3.8) is 0 Å². The number of carboxylic acids is 1. The summed E-state index contributed by atoms with van der Waals surface area (Å²) in [6.45, 7) is 0. The van der Waals surface area contributed by atoms with Crippen LogP contribution in [0.4, 0.5) is 4.39 Å². The quantitative estimate of drug-likeness (QED) is 0.858. The largest absolute Gasteiger partial charge is 0.481 e. The predicted molar refractivity (Wildman–Crippen MR) is 59.8 cm³/mol. The van der Waals surface area contributed by atoms with E-state index in [1.54, 1.807) is 12.1 Å². The Bertz CT molecular complexity index is 527. The number of aromatic nitrogens is 2. The van der Waals surface area contributed by atoms with Gasteiger partial charge in [-0.05, 0) is 12.1 Å². The van der Waals surface area contributed by atoms with Crippen LogP contribution in [-0.4, -0.2) is 26.8 Å². The van der Waals surface area contributed by atoms with Gasteiger partial charge in [0, 0.05) is 0 Å². The minimum atomic E-state index is -0.868. The number of carboxylic acid groups (broad SMARTS) is 1. The van der Waals surface area contributed by atoms with Gasteiger partial charge in [0.15, 0.2) is 5.82 Å². The lowest BCUT2D eigenvalue weighted by Gasteiger charge is -1.93. The first-order valence-electron chi connectivity index (χ1n) is 4.59. The van der Waals surface area contributed by atoms with Crippen molar-refractivity contribution in [2.75, 3.05) is 5.75 Å². The Morgan fingerprint density at radius 3 is 3.06 bits per heavy atom. The van der Waals surface area contributed by atoms with Gasteiger partial charge in [0.1, 0.15) is 11.3 Å². The summed E-state index contributed by atoms with van der Waals surface area (Å²) >= 11 is 1.22. The van der Waals surface area contributed by atoms with Gasteiger partial charge in [-0.3, -0.25) is 4.79 Å². The van der Waals surface area contributed by atoms with E-state index in [0.717, 1.165) is 0 Å². The molecule has 84 valence electrons. The van der Waals surface area contributed by atoms with E-state index >= 15 is 0 Å². The number of fused-ring (bicyclic) bond motifs is 1. The van der Waals surface area contributed by atoms with Gasteiger partial charge in [0.2, 0.25) is 0 Å². The molecule has 0 bridgehead atoms. The molecule has 0 saturated heterocycles. The number of para-hydroxylation sites is 1. The SMILES string of the molecule is O=C(O)CSCc1nc2c(F)cccc2[nH]1. The summed E-state index contributed by atoms with van der Waals surface area (Å²) in [6.07, 6.45) is 0. The predicted octanol–water partition coefficient (Wildman–Crippen LogP) is 2.02. The second kappa shape index (κ2) is 4.52. The monoisotopic (exact) mass is 240 g/mol. The fraction of sp³-hybridized carbons (Fsp3) is 0.200. The second-order valence-electron chi connectivity index (χ2n) is 3.21. The van der Waals surface area contributed by atoms with Crippen molar-refractivity contribution in [1.29, 1.82) is 0 Å². The van der Waals surface area contributed by atoms with Crippen molar-refractivity contribution >= 4 is 28.8 Å². The highest BCUT2D eigenvalue weighted by atomic mass is 32.2. The zero-order valence-electron chi connectivity index (χ0n) is 8.24. The van der Waals surface area contributed by atoms with E-state index in [0.29, 0.717) is 22.6 Å². The number of carbonyl (C=O) groups is 1. The number of halogens is 1. The molecule has 2 N–H and O–H groups in total. The number of nitrogens with zero attached hydrogens (tertiary/aromatic N) is 1. The lowest BCUT2D eigenvalue weighted by Crippen LogP contribution is -1.98. The lowest BCUT2D eigenvalue weighted by molar-refractivity contribution is -0.133. The molecular formula is C10H9FN2O2S. The van der Waals surface area contributed by atoms with E-state index in [9.17, 15) is 9.18 Å². The van der Waals surface area contributed by atoms with Crippen molar-refractivity contribution < 1.29 is 14.3 Å². The molecule has 2 aromatic rings. The van der Waals surface area contributed by atoms with Crippen molar-refractivity contribution in [2.45, 2.75) is 5.75 Å². The molecule has 0 aliphatic rings. The first-order chi connectivity index (χ1) is 7.66. The Hall–Kier alpha value is -1.56. The Kier molecular flexibility index (Phi) is 3.09. The van der Waals surface area contributed by atoms with Gasteiger partial charge in [-0.15, -0.1) is 11.8 Å². The fourth-order valence-electron chi connectivity index (χ4n) is 1.35. The smallest absolute Gasteiger partial charge is 0.313 e. The molecule has 0 amide bonds. The van der Waals surface area contributed by atoms with E-state index in [1.165, 1.54) is 17.8 Å². The van der Waals surface area contributed by atoms with E-state index in [4.69, 9.17) is 5.11 Å². The lowest BCUT2D eigenvalue weighted by atomic mass is 10.3. The number of rotatable bonds is 4. The minimum absolute atomic E-state index is 0.0134. The Morgan fingerprint density at radius 2 is 2.38 bits per heavy atom. The van der Waals surface area contributed by atoms with Crippen LogP contribution in [0.2, 0.25) is 0 Å². The van der Waals surface area contributed by atoms with Crippen molar-refractivity contribution in [2.24, 2.45) is 0 Å². The van der Waals surface area contributed by atoms with Crippen LogP contribution in [0.1, 0.15) is 5.82 Å². The van der Waals surface area contributed by atoms with E-state index in [1.807, 2.05) is 0 Å². The second-order valence-corrected chi connectivity index (χ2v) is 4.19.